The van der Waals surface area contributed by atoms with Gasteiger partial charge < -0.3 is 5.32 Å². The van der Waals surface area contributed by atoms with Crippen LogP contribution in [0, 0.1) is 6.92 Å². The van der Waals surface area contributed by atoms with Crippen LogP contribution in [0.4, 0.5) is 0 Å². The molecule has 0 bridgehead atoms. The lowest BCUT2D eigenvalue weighted by Crippen LogP contribution is -2.43. The Morgan fingerprint density at radius 3 is 2.90 bits per heavy atom. The summed E-state index contributed by atoms with van der Waals surface area (Å²) < 4.78 is 2.18. The zero-order valence-corrected chi connectivity index (χ0v) is 12.6. The highest BCUT2D eigenvalue weighted by Crippen LogP contribution is 2.34. The van der Waals surface area contributed by atoms with Gasteiger partial charge >= 0.3 is 0 Å². The van der Waals surface area contributed by atoms with E-state index in [0.717, 1.165) is 24.6 Å². The van der Waals surface area contributed by atoms with E-state index in [1.807, 2.05) is 0 Å². The molecule has 5 heteroatoms. The minimum Gasteiger partial charge on any atom is -0.317 e. The molecular formula is C16H23N5. The molecule has 2 aromatic rings. The molecule has 0 amide bonds. The zero-order chi connectivity index (χ0) is 14.2. The first-order valence-electron chi connectivity index (χ1n) is 8.11. The summed E-state index contributed by atoms with van der Waals surface area (Å²) in [6.45, 7) is 5.60. The monoisotopic (exact) mass is 285 g/mol. The Kier molecular flexibility index (Phi) is 3.39. The largest absolute Gasteiger partial charge is 0.317 e. The number of aryl methyl sites for hydroxylation is 1. The molecule has 0 radical (unpaired) electrons. The highest BCUT2D eigenvalue weighted by Gasteiger charge is 2.34. The first-order chi connectivity index (χ1) is 10.3. The number of hydrogen-bond donors (Lipinski definition) is 1. The molecule has 2 aliphatic heterocycles. The van der Waals surface area contributed by atoms with Gasteiger partial charge in [0.2, 0.25) is 0 Å². The quantitative estimate of drug-likeness (QED) is 0.916. The fourth-order valence-corrected chi connectivity index (χ4v) is 3.88. The SMILES string of the molecule is Cc1ccn2c(C3CCCN3C3CCNCC3)nnc2c1. The van der Waals surface area contributed by atoms with Crippen molar-refractivity contribution in [2.24, 2.45) is 0 Å². The Morgan fingerprint density at radius 1 is 1.19 bits per heavy atom. The van der Waals surface area contributed by atoms with Gasteiger partial charge in [-0.1, -0.05) is 0 Å². The molecule has 0 aliphatic carbocycles. The molecule has 2 saturated heterocycles. The van der Waals surface area contributed by atoms with Crippen molar-refractivity contribution >= 4 is 5.65 Å². The number of nitrogens with one attached hydrogen (secondary N) is 1. The Morgan fingerprint density at radius 2 is 2.05 bits per heavy atom. The molecule has 0 spiro atoms. The minimum absolute atomic E-state index is 0.436. The highest BCUT2D eigenvalue weighted by molar-refractivity contribution is 5.41. The minimum atomic E-state index is 0.436. The number of likely N-dealkylation sites (tertiary alicyclic amines) is 1. The number of nitrogens with zero attached hydrogens (tertiary/aromatic N) is 4. The lowest BCUT2D eigenvalue weighted by atomic mass is 10.0. The number of pyridine rings is 1. The molecule has 1 atom stereocenters. The number of hydrogen-bond acceptors (Lipinski definition) is 4. The third kappa shape index (κ3) is 2.34. The van der Waals surface area contributed by atoms with Crippen LogP contribution in [0.3, 0.4) is 0 Å². The van der Waals surface area contributed by atoms with Crippen LogP contribution in [0.1, 0.15) is 43.1 Å². The molecule has 4 rings (SSSR count). The third-order valence-electron chi connectivity index (χ3n) is 4.96. The molecule has 1 N–H and O–H groups in total. The Labute approximate surface area is 125 Å². The summed E-state index contributed by atoms with van der Waals surface area (Å²) in [5, 5.41) is 12.4. The van der Waals surface area contributed by atoms with E-state index in [1.165, 1.54) is 37.8 Å². The van der Waals surface area contributed by atoms with Gasteiger partial charge in [0.15, 0.2) is 11.5 Å². The summed E-state index contributed by atoms with van der Waals surface area (Å²) in [4.78, 5) is 2.68. The van der Waals surface area contributed by atoms with Crippen LogP contribution in [-0.4, -0.2) is 45.2 Å². The van der Waals surface area contributed by atoms with Crippen molar-refractivity contribution in [1.82, 2.24) is 24.8 Å². The standard InChI is InChI=1S/C16H23N5/c1-12-6-10-21-15(11-12)18-19-16(21)14-3-2-9-20(14)13-4-7-17-8-5-13/h6,10-11,13-14,17H,2-5,7-9H2,1H3. The normalized spacial score (nSPS) is 24.9. The van der Waals surface area contributed by atoms with Gasteiger partial charge in [-0.15, -0.1) is 10.2 Å². The fraction of sp³-hybridized carbons (Fsp3) is 0.625. The molecule has 0 saturated carbocycles. The van der Waals surface area contributed by atoms with E-state index < -0.39 is 0 Å². The van der Waals surface area contributed by atoms with Crippen molar-refractivity contribution in [3.63, 3.8) is 0 Å². The van der Waals surface area contributed by atoms with Crippen LogP contribution in [-0.2, 0) is 0 Å². The molecule has 21 heavy (non-hydrogen) atoms. The van der Waals surface area contributed by atoms with Gasteiger partial charge in [0.05, 0.1) is 6.04 Å². The Bertz CT molecular complexity index is 629. The Balaban J connectivity index is 1.66. The second kappa shape index (κ2) is 5.39. The second-order valence-corrected chi connectivity index (χ2v) is 6.37. The lowest BCUT2D eigenvalue weighted by molar-refractivity contribution is 0.143. The molecule has 2 aliphatic rings. The summed E-state index contributed by atoms with van der Waals surface area (Å²) >= 11 is 0. The Hall–Kier alpha value is -1.46. The maximum Gasteiger partial charge on any atom is 0.161 e. The van der Waals surface area contributed by atoms with Crippen LogP contribution in [0.2, 0.25) is 0 Å². The molecule has 1 unspecified atom stereocenters. The van der Waals surface area contributed by atoms with Gasteiger partial charge in [-0.2, -0.15) is 0 Å². The van der Waals surface area contributed by atoms with Crippen molar-refractivity contribution in [3.05, 3.63) is 29.7 Å². The van der Waals surface area contributed by atoms with Crippen molar-refractivity contribution < 1.29 is 0 Å². The zero-order valence-electron chi connectivity index (χ0n) is 12.6. The van der Waals surface area contributed by atoms with E-state index in [-0.39, 0.29) is 0 Å². The van der Waals surface area contributed by atoms with Crippen LogP contribution in [0.5, 0.6) is 0 Å². The summed E-state index contributed by atoms with van der Waals surface area (Å²) in [6.07, 6.45) is 7.12. The van der Waals surface area contributed by atoms with Gasteiger partial charge in [-0.3, -0.25) is 9.30 Å². The topological polar surface area (TPSA) is 45.5 Å². The van der Waals surface area contributed by atoms with E-state index in [4.69, 9.17) is 0 Å². The molecule has 112 valence electrons. The lowest BCUT2D eigenvalue weighted by Gasteiger charge is -2.35. The summed E-state index contributed by atoms with van der Waals surface area (Å²) in [6, 6.07) is 5.40. The molecular weight excluding hydrogens is 262 g/mol. The van der Waals surface area contributed by atoms with Crippen LogP contribution in [0.25, 0.3) is 5.65 Å². The van der Waals surface area contributed by atoms with E-state index in [0.29, 0.717) is 12.1 Å². The van der Waals surface area contributed by atoms with Gasteiger partial charge in [-0.25, -0.2) is 0 Å². The predicted octanol–water partition coefficient (Wildman–Crippen LogP) is 1.93. The number of fused-ring (bicyclic) bond motifs is 1. The fourth-order valence-electron chi connectivity index (χ4n) is 3.88. The number of rotatable bonds is 2. The number of piperidine rings is 1. The van der Waals surface area contributed by atoms with Crippen LogP contribution >= 0.6 is 0 Å². The van der Waals surface area contributed by atoms with E-state index in [1.54, 1.807) is 0 Å². The second-order valence-electron chi connectivity index (χ2n) is 6.37. The van der Waals surface area contributed by atoms with Gasteiger partial charge in [0.25, 0.3) is 0 Å². The van der Waals surface area contributed by atoms with Crippen molar-refractivity contribution in [3.8, 4) is 0 Å². The van der Waals surface area contributed by atoms with Gasteiger partial charge in [0.1, 0.15) is 0 Å². The molecule has 4 heterocycles. The highest BCUT2D eigenvalue weighted by atomic mass is 15.3. The summed E-state index contributed by atoms with van der Waals surface area (Å²) in [5.41, 5.74) is 2.21. The average molecular weight is 285 g/mol. The molecule has 2 fully saturated rings. The maximum absolute atomic E-state index is 4.52. The molecule has 0 aromatic carbocycles. The smallest absolute Gasteiger partial charge is 0.161 e. The third-order valence-corrected chi connectivity index (χ3v) is 4.96. The van der Waals surface area contributed by atoms with E-state index in [2.05, 4.69) is 50.1 Å². The first kappa shape index (κ1) is 13.2. The summed E-state index contributed by atoms with van der Waals surface area (Å²) in [7, 11) is 0. The van der Waals surface area contributed by atoms with Crippen molar-refractivity contribution in [1.29, 1.82) is 0 Å². The van der Waals surface area contributed by atoms with E-state index in [9.17, 15) is 0 Å². The molecule has 2 aromatic heterocycles. The van der Waals surface area contributed by atoms with Gasteiger partial charge in [-0.05, 0) is 69.9 Å². The van der Waals surface area contributed by atoms with Crippen molar-refractivity contribution in [2.45, 2.75) is 44.7 Å². The number of aromatic nitrogens is 3. The van der Waals surface area contributed by atoms with Crippen LogP contribution in [0.15, 0.2) is 18.3 Å². The van der Waals surface area contributed by atoms with E-state index >= 15 is 0 Å². The van der Waals surface area contributed by atoms with Gasteiger partial charge in [0, 0.05) is 12.2 Å². The van der Waals surface area contributed by atoms with Crippen molar-refractivity contribution in [2.75, 3.05) is 19.6 Å². The molecule has 5 nitrogen and oxygen atoms in total. The summed E-state index contributed by atoms with van der Waals surface area (Å²) in [5.74, 6) is 1.13. The first-order valence-corrected chi connectivity index (χ1v) is 8.11. The van der Waals surface area contributed by atoms with Crippen LogP contribution < -0.4 is 5.32 Å². The predicted molar refractivity (Wildman–Crippen MR) is 82.3 cm³/mol. The maximum atomic E-state index is 4.52. The average Bonchev–Trinajstić information content (AvgIpc) is 3.13.